The van der Waals surface area contributed by atoms with E-state index in [2.05, 4.69) is 5.32 Å². The van der Waals surface area contributed by atoms with Crippen LogP contribution in [-0.2, 0) is 0 Å². The molecule has 3 nitrogen and oxygen atoms in total. The van der Waals surface area contributed by atoms with Crippen molar-refractivity contribution in [3.8, 4) is 12.1 Å². The Bertz CT molecular complexity index is 134. The van der Waals surface area contributed by atoms with Crippen LogP contribution in [0.5, 0.6) is 0 Å². The first-order valence-corrected chi connectivity index (χ1v) is 2.20. The van der Waals surface area contributed by atoms with Gasteiger partial charge in [-0.15, -0.1) is 0 Å². The zero-order valence-corrected chi connectivity index (χ0v) is 4.89. The van der Waals surface area contributed by atoms with Crippen LogP contribution >= 0.6 is 0 Å². The van der Waals surface area contributed by atoms with Crippen LogP contribution in [-0.4, -0.2) is 12.6 Å². The minimum atomic E-state index is -1.01. The van der Waals surface area contributed by atoms with Crippen molar-refractivity contribution < 1.29 is 0 Å². The standard InChI is InChI=1S/C5H7N3/c1-5(3-6,4-7)8-2/h8H,1-2H3. The molecule has 0 amide bonds. The molecule has 0 spiro atoms. The van der Waals surface area contributed by atoms with E-state index < -0.39 is 5.54 Å². The fourth-order valence-electron chi connectivity index (χ4n) is 0.137. The average molecular weight is 109 g/mol. The maximum absolute atomic E-state index is 8.25. The lowest BCUT2D eigenvalue weighted by atomic mass is 10.1. The number of nitrogens with one attached hydrogen (secondary N) is 1. The van der Waals surface area contributed by atoms with Crippen LogP contribution in [0.2, 0.25) is 0 Å². The molecule has 0 unspecified atom stereocenters. The van der Waals surface area contributed by atoms with Crippen LogP contribution in [0.25, 0.3) is 0 Å². The van der Waals surface area contributed by atoms with Crippen LogP contribution in [0.4, 0.5) is 0 Å². The predicted molar refractivity (Wildman–Crippen MR) is 28.7 cm³/mol. The summed E-state index contributed by atoms with van der Waals surface area (Å²) in [5.74, 6) is 0. The fourth-order valence-corrected chi connectivity index (χ4v) is 0.137. The van der Waals surface area contributed by atoms with E-state index in [1.165, 1.54) is 6.92 Å². The molecule has 0 heterocycles. The summed E-state index contributed by atoms with van der Waals surface area (Å²) >= 11 is 0. The smallest absolute Gasteiger partial charge is 0.190 e. The topological polar surface area (TPSA) is 59.6 Å². The van der Waals surface area contributed by atoms with Crippen molar-refractivity contribution in [1.29, 1.82) is 10.5 Å². The van der Waals surface area contributed by atoms with E-state index in [0.29, 0.717) is 0 Å². The molecule has 0 aliphatic heterocycles. The first-order valence-electron chi connectivity index (χ1n) is 2.20. The van der Waals surface area contributed by atoms with Gasteiger partial charge in [-0.1, -0.05) is 0 Å². The van der Waals surface area contributed by atoms with Gasteiger partial charge in [0, 0.05) is 0 Å². The van der Waals surface area contributed by atoms with Gasteiger partial charge in [-0.05, 0) is 14.0 Å². The molecule has 0 rings (SSSR count). The third kappa shape index (κ3) is 1.22. The number of nitriles is 2. The van der Waals surface area contributed by atoms with E-state index in [9.17, 15) is 0 Å². The summed E-state index contributed by atoms with van der Waals surface area (Å²) in [5, 5.41) is 19.1. The lowest BCUT2D eigenvalue weighted by Gasteiger charge is -2.07. The predicted octanol–water partition coefficient (Wildman–Crippen LogP) is 0.0117. The highest BCUT2D eigenvalue weighted by Gasteiger charge is 2.18. The van der Waals surface area contributed by atoms with Gasteiger partial charge in [0.25, 0.3) is 0 Å². The van der Waals surface area contributed by atoms with Crippen LogP contribution < -0.4 is 5.32 Å². The molecule has 0 aromatic heterocycles. The lowest BCUT2D eigenvalue weighted by molar-refractivity contribution is 0.615. The van der Waals surface area contributed by atoms with Gasteiger partial charge in [0.2, 0.25) is 0 Å². The largest absolute Gasteiger partial charge is 0.291 e. The number of hydrogen-bond donors (Lipinski definition) is 1. The van der Waals surface area contributed by atoms with Crippen LogP contribution in [0.15, 0.2) is 0 Å². The molecule has 1 N–H and O–H groups in total. The maximum Gasteiger partial charge on any atom is 0.190 e. The highest BCUT2D eigenvalue weighted by Crippen LogP contribution is 1.94. The van der Waals surface area contributed by atoms with Crippen LogP contribution in [0.3, 0.4) is 0 Å². The summed E-state index contributed by atoms with van der Waals surface area (Å²) in [6.07, 6.45) is 0. The SMILES string of the molecule is CNC(C)(C#N)C#N. The van der Waals surface area contributed by atoms with Crippen molar-refractivity contribution >= 4 is 0 Å². The van der Waals surface area contributed by atoms with Crippen molar-refractivity contribution in [1.82, 2.24) is 5.32 Å². The van der Waals surface area contributed by atoms with E-state index >= 15 is 0 Å². The molecule has 0 fully saturated rings. The minimum absolute atomic E-state index is 1.01. The van der Waals surface area contributed by atoms with Gasteiger partial charge in [-0.25, -0.2) is 0 Å². The average Bonchev–Trinajstić information content (AvgIpc) is 1.87. The summed E-state index contributed by atoms with van der Waals surface area (Å²) in [4.78, 5) is 0. The molecule has 42 valence electrons. The lowest BCUT2D eigenvalue weighted by Crippen LogP contribution is -2.35. The van der Waals surface area contributed by atoms with Crippen LogP contribution in [0.1, 0.15) is 6.92 Å². The summed E-state index contributed by atoms with van der Waals surface area (Å²) in [6.45, 7) is 1.52. The van der Waals surface area contributed by atoms with Crippen molar-refractivity contribution in [3.05, 3.63) is 0 Å². The zero-order chi connectivity index (χ0) is 6.62. The molecule has 0 atom stereocenters. The van der Waals surface area contributed by atoms with Gasteiger partial charge in [-0.2, -0.15) is 10.5 Å². The third-order valence-electron chi connectivity index (χ3n) is 0.947. The van der Waals surface area contributed by atoms with E-state index in [4.69, 9.17) is 10.5 Å². The number of rotatable bonds is 1. The van der Waals surface area contributed by atoms with Crippen molar-refractivity contribution in [3.63, 3.8) is 0 Å². The van der Waals surface area contributed by atoms with Gasteiger partial charge in [0.05, 0.1) is 0 Å². The molecule has 0 saturated carbocycles. The Labute approximate surface area is 48.5 Å². The maximum atomic E-state index is 8.25. The molecule has 3 heteroatoms. The summed E-state index contributed by atoms with van der Waals surface area (Å²) < 4.78 is 0. The second kappa shape index (κ2) is 2.30. The molecule has 0 aliphatic carbocycles. The Hall–Kier alpha value is -1.06. The Kier molecular flexibility index (Phi) is 1.99. The van der Waals surface area contributed by atoms with Gasteiger partial charge >= 0.3 is 0 Å². The van der Waals surface area contributed by atoms with Crippen molar-refractivity contribution in [2.24, 2.45) is 0 Å². The zero-order valence-electron chi connectivity index (χ0n) is 4.89. The Morgan fingerprint density at radius 2 is 1.75 bits per heavy atom. The van der Waals surface area contributed by atoms with Gasteiger partial charge in [0.15, 0.2) is 5.54 Å². The van der Waals surface area contributed by atoms with Crippen molar-refractivity contribution in [2.45, 2.75) is 12.5 Å². The monoisotopic (exact) mass is 109 g/mol. The molecule has 0 bridgehead atoms. The minimum Gasteiger partial charge on any atom is -0.291 e. The summed E-state index contributed by atoms with van der Waals surface area (Å²) in [5.41, 5.74) is -1.01. The molecule has 0 aromatic rings. The Morgan fingerprint density at radius 1 is 1.38 bits per heavy atom. The quantitative estimate of drug-likeness (QED) is 0.516. The van der Waals surface area contributed by atoms with E-state index in [1.807, 2.05) is 0 Å². The van der Waals surface area contributed by atoms with Gasteiger partial charge in [0.1, 0.15) is 12.1 Å². The Morgan fingerprint density at radius 3 is 1.75 bits per heavy atom. The number of hydrogen-bond acceptors (Lipinski definition) is 3. The van der Waals surface area contributed by atoms with Crippen molar-refractivity contribution in [2.75, 3.05) is 7.05 Å². The highest BCUT2D eigenvalue weighted by atomic mass is 14.9. The first-order chi connectivity index (χ1) is 3.68. The third-order valence-corrected chi connectivity index (χ3v) is 0.947. The molecule has 0 aromatic carbocycles. The fraction of sp³-hybridized carbons (Fsp3) is 0.600. The van der Waals surface area contributed by atoms with Crippen LogP contribution in [0, 0.1) is 22.7 Å². The van der Waals surface area contributed by atoms with E-state index in [-0.39, 0.29) is 0 Å². The molecule has 0 radical (unpaired) electrons. The highest BCUT2D eigenvalue weighted by molar-refractivity contribution is 5.18. The number of nitrogens with zero attached hydrogens (tertiary/aromatic N) is 2. The van der Waals surface area contributed by atoms with Gasteiger partial charge < -0.3 is 0 Å². The first kappa shape index (κ1) is 6.94. The molecule has 8 heavy (non-hydrogen) atoms. The molecule has 0 saturated heterocycles. The Balaban J connectivity index is 4.11. The molecule has 0 aliphatic rings. The van der Waals surface area contributed by atoms with Gasteiger partial charge in [-0.3, -0.25) is 5.32 Å². The summed E-state index contributed by atoms with van der Waals surface area (Å²) in [6, 6.07) is 3.61. The molecular formula is C5H7N3. The summed E-state index contributed by atoms with van der Waals surface area (Å²) in [7, 11) is 1.58. The molecular weight excluding hydrogens is 102 g/mol. The van der Waals surface area contributed by atoms with E-state index in [1.54, 1.807) is 19.2 Å². The second-order valence-corrected chi connectivity index (χ2v) is 1.60. The normalized spacial score (nSPS) is 9.50. The van der Waals surface area contributed by atoms with E-state index in [0.717, 1.165) is 0 Å². The second-order valence-electron chi connectivity index (χ2n) is 1.60.